The van der Waals surface area contributed by atoms with Crippen LogP contribution in [0.3, 0.4) is 0 Å². The van der Waals surface area contributed by atoms with Crippen LogP contribution >= 0.6 is 21.6 Å². The van der Waals surface area contributed by atoms with Gasteiger partial charge in [0, 0.05) is 12.1 Å². The van der Waals surface area contributed by atoms with Crippen molar-refractivity contribution < 1.29 is 9.85 Å². The third-order valence-corrected chi connectivity index (χ3v) is 5.37. The van der Waals surface area contributed by atoms with Crippen LogP contribution in [0.4, 0.5) is 34.1 Å². The minimum atomic E-state index is -0.607. The molecule has 2 aromatic rings. The molecule has 0 aliphatic carbocycles. The molecule has 0 aromatic heterocycles. The minimum Gasteiger partial charge on any atom is -0.397 e. The average Bonchev–Trinajstić information content (AvgIpc) is 2.50. The number of nitrogens with zero attached hydrogens (tertiary/aromatic N) is 2. The van der Waals surface area contributed by atoms with Crippen LogP contribution in [-0.2, 0) is 0 Å². The predicted molar refractivity (Wildman–Crippen MR) is 95.6 cm³/mol. The zero-order valence-electron chi connectivity index (χ0n) is 12.0. The van der Waals surface area contributed by atoms with Gasteiger partial charge in [-0.1, -0.05) is 0 Å². The molecule has 12 heteroatoms. The van der Waals surface area contributed by atoms with Crippen LogP contribution in [0.5, 0.6) is 0 Å². The highest BCUT2D eigenvalue weighted by molar-refractivity contribution is 8.76. The summed E-state index contributed by atoms with van der Waals surface area (Å²) >= 11 is 0. The molecule has 0 radical (unpaired) electrons. The van der Waals surface area contributed by atoms with Crippen molar-refractivity contribution in [3.8, 4) is 0 Å². The number of anilines is 4. The van der Waals surface area contributed by atoms with Crippen LogP contribution in [0.1, 0.15) is 0 Å². The summed E-state index contributed by atoms with van der Waals surface area (Å²) in [5, 5.41) is 22.2. The summed E-state index contributed by atoms with van der Waals surface area (Å²) in [5.74, 6) is 0. The highest BCUT2D eigenvalue weighted by Gasteiger charge is 2.21. The standard InChI is InChI=1S/C12H12N6O4S2/c13-5-1-9(17(19)20)11(3-7(5)15)23-24-12-4-8(16)6(14)2-10(12)18(21)22/h1-4H,13-16H2. The van der Waals surface area contributed by atoms with Crippen molar-refractivity contribution in [3.63, 3.8) is 0 Å². The first-order valence-corrected chi connectivity index (χ1v) is 8.37. The number of benzene rings is 2. The van der Waals surface area contributed by atoms with Gasteiger partial charge in [0.05, 0.1) is 42.4 Å². The van der Waals surface area contributed by atoms with E-state index < -0.39 is 9.85 Å². The highest BCUT2D eigenvalue weighted by Crippen LogP contribution is 2.47. The summed E-state index contributed by atoms with van der Waals surface area (Å²) in [6.45, 7) is 0. The number of rotatable bonds is 5. The van der Waals surface area contributed by atoms with Gasteiger partial charge in [0.15, 0.2) is 0 Å². The van der Waals surface area contributed by atoms with Gasteiger partial charge in [-0.15, -0.1) is 0 Å². The van der Waals surface area contributed by atoms with Crippen LogP contribution in [0.15, 0.2) is 34.1 Å². The van der Waals surface area contributed by atoms with Crippen LogP contribution in [-0.4, -0.2) is 9.85 Å². The summed E-state index contributed by atoms with van der Waals surface area (Å²) in [6.07, 6.45) is 0. The molecule has 0 heterocycles. The second-order valence-corrected chi connectivity index (χ2v) is 6.79. The van der Waals surface area contributed by atoms with Crippen molar-refractivity contribution in [2.24, 2.45) is 0 Å². The van der Waals surface area contributed by atoms with Gasteiger partial charge in [-0.3, -0.25) is 20.2 Å². The molecule has 0 amide bonds. The Morgan fingerprint density at radius 3 is 1.25 bits per heavy atom. The number of hydrogen-bond acceptors (Lipinski definition) is 10. The molecule has 0 aliphatic rings. The third kappa shape index (κ3) is 3.55. The van der Waals surface area contributed by atoms with Gasteiger partial charge in [0.1, 0.15) is 0 Å². The van der Waals surface area contributed by atoms with Gasteiger partial charge in [-0.2, -0.15) is 0 Å². The third-order valence-electron chi connectivity index (χ3n) is 2.94. The van der Waals surface area contributed by atoms with Crippen molar-refractivity contribution >= 4 is 55.7 Å². The van der Waals surface area contributed by atoms with E-state index in [1.165, 1.54) is 12.1 Å². The van der Waals surface area contributed by atoms with E-state index in [1.54, 1.807) is 0 Å². The lowest BCUT2D eigenvalue weighted by atomic mass is 10.2. The summed E-state index contributed by atoms with van der Waals surface area (Å²) in [5.41, 5.74) is 22.5. The number of nitro groups is 2. The van der Waals surface area contributed by atoms with Crippen LogP contribution in [0.25, 0.3) is 0 Å². The van der Waals surface area contributed by atoms with Crippen LogP contribution < -0.4 is 22.9 Å². The van der Waals surface area contributed by atoms with Crippen LogP contribution in [0.2, 0.25) is 0 Å². The van der Waals surface area contributed by atoms with Crippen molar-refractivity contribution in [1.82, 2.24) is 0 Å². The predicted octanol–water partition coefficient (Wildman–Crippen LogP) is 2.63. The molecule has 2 aromatic carbocycles. The van der Waals surface area contributed by atoms with E-state index in [9.17, 15) is 20.2 Å². The molecule has 0 unspecified atom stereocenters. The average molecular weight is 368 g/mol. The molecule has 0 saturated heterocycles. The Labute approximate surface area is 143 Å². The molecule has 2 rings (SSSR count). The first-order chi connectivity index (χ1) is 11.2. The normalized spacial score (nSPS) is 10.5. The van der Waals surface area contributed by atoms with Gasteiger partial charge in [-0.25, -0.2) is 0 Å². The maximum Gasteiger partial charge on any atom is 0.285 e. The minimum absolute atomic E-state index is 0.0822. The molecule has 10 nitrogen and oxygen atoms in total. The van der Waals surface area contributed by atoms with Crippen molar-refractivity contribution in [2.45, 2.75) is 9.79 Å². The molecule has 0 bridgehead atoms. The van der Waals surface area contributed by atoms with E-state index in [2.05, 4.69) is 0 Å². The van der Waals surface area contributed by atoms with E-state index in [-0.39, 0.29) is 43.9 Å². The van der Waals surface area contributed by atoms with E-state index >= 15 is 0 Å². The van der Waals surface area contributed by atoms with Gasteiger partial charge >= 0.3 is 0 Å². The quantitative estimate of drug-likeness (QED) is 0.264. The Morgan fingerprint density at radius 2 is 0.958 bits per heavy atom. The molecule has 126 valence electrons. The topological polar surface area (TPSA) is 190 Å². The summed E-state index contributed by atoms with van der Waals surface area (Å²) < 4.78 is 0. The van der Waals surface area contributed by atoms with Crippen LogP contribution in [0, 0.1) is 20.2 Å². The van der Waals surface area contributed by atoms with E-state index in [0.717, 1.165) is 33.7 Å². The number of nitro benzene ring substituents is 2. The van der Waals surface area contributed by atoms with Gasteiger partial charge in [0.2, 0.25) is 0 Å². The van der Waals surface area contributed by atoms with Gasteiger partial charge in [-0.05, 0) is 33.7 Å². The van der Waals surface area contributed by atoms with Crippen molar-refractivity contribution in [1.29, 1.82) is 0 Å². The Morgan fingerprint density at radius 1 is 0.667 bits per heavy atom. The fourth-order valence-electron chi connectivity index (χ4n) is 1.71. The number of nitrogens with two attached hydrogens (primary N) is 4. The Hall–Kier alpha value is -2.86. The second-order valence-electron chi connectivity index (χ2n) is 4.58. The lowest BCUT2D eigenvalue weighted by Crippen LogP contribution is -1.99. The molecule has 24 heavy (non-hydrogen) atoms. The van der Waals surface area contributed by atoms with Crippen molar-refractivity contribution in [3.05, 3.63) is 44.5 Å². The first-order valence-electron chi connectivity index (χ1n) is 6.22. The molecule has 8 N–H and O–H groups in total. The second kappa shape index (κ2) is 6.72. The molecular weight excluding hydrogens is 356 g/mol. The number of nitrogen functional groups attached to an aromatic ring is 4. The molecule has 0 fully saturated rings. The smallest absolute Gasteiger partial charge is 0.285 e. The maximum atomic E-state index is 11.1. The molecule has 0 saturated carbocycles. The van der Waals surface area contributed by atoms with Crippen molar-refractivity contribution in [2.75, 3.05) is 22.9 Å². The van der Waals surface area contributed by atoms with E-state index in [1.807, 2.05) is 0 Å². The molecule has 0 aliphatic heterocycles. The Bertz CT molecular complexity index is 775. The SMILES string of the molecule is Nc1cc(SSc2cc(N)c(N)cc2[N+](=O)[O-])c([N+](=O)[O-])cc1N. The Balaban J connectivity index is 2.38. The zero-order valence-corrected chi connectivity index (χ0v) is 13.6. The van der Waals surface area contributed by atoms with Gasteiger partial charge in [0.25, 0.3) is 11.4 Å². The highest BCUT2D eigenvalue weighted by atomic mass is 33.1. The largest absolute Gasteiger partial charge is 0.397 e. The van der Waals surface area contributed by atoms with E-state index in [0.29, 0.717) is 0 Å². The fourth-order valence-corrected chi connectivity index (χ4v) is 4.02. The number of hydrogen-bond donors (Lipinski definition) is 4. The molecule has 0 spiro atoms. The molecular formula is C12H12N6O4S2. The van der Waals surface area contributed by atoms with E-state index in [4.69, 9.17) is 22.9 Å². The summed E-state index contributed by atoms with van der Waals surface area (Å²) in [7, 11) is 1.87. The lowest BCUT2D eigenvalue weighted by molar-refractivity contribution is -0.387. The fraction of sp³-hybridized carbons (Fsp3) is 0. The monoisotopic (exact) mass is 368 g/mol. The Kier molecular flexibility index (Phi) is 4.90. The first kappa shape index (κ1) is 17.5. The lowest BCUT2D eigenvalue weighted by Gasteiger charge is -2.08. The molecule has 0 atom stereocenters. The zero-order chi connectivity index (χ0) is 18.0. The summed E-state index contributed by atoms with van der Waals surface area (Å²) in [4.78, 5) is 21.4. The van der Waals surface area contributed by atoms with Gasteiger partial charge < -0.3 is 22.9 Å². The maximum absolute atomic E-state index is 11.1. The summed E-state index contributed by atoms with van der Waals surface area (Å²) in [6, 6.07) is 4.98.